The van der Waals surface area contributed by atoms with Gasteiger partial charge in [-0.05, 0) is 24.2 Å². The molecule has 1 amide bonds. The van der Waals surface area contributed by atoms with Gasteiger partial charge in [0.1, 0.15) is 0 Å². The van der Waals surface area contributed by atoms with Gasteiger partial charge in [-0.1, -0.05) is 12.1 Å². The van der Waals surface area contributed by atoms with E-state index in [4.69, 9.17) is 0 Å². The molecule has 0 aromatic heterocycles. The van der Waals surface area contributed by atoms with Crippen LogP contribution in [0.4, 0.5) is 18.9 Å². The largest absolute Gasteiger partial charge is 0.471 e. The maximum atomic E-state index is 12.1. The first kappa shape index (κ1) is 11.9. The SMILES string of the molecule is CN1Cc2cccc(NC(=O)C(F)(F)F)c2C1. The Hall–Kier alpha value is -1.56. The lowest BCUT2D eigenvalue weighted by molar-refractivity contribution is -0.167. The molecule has 1 aliphatic rings. The number of carbonyl (C=O) groups is 1. The van der Waals surface area contributed by atoms with E-state index in [1.54, 1.807) is 6.07 Å². The van der Waals surface area contributed by atoms with E-state index in [0.29, 0.717) is 13.1 Å². The molecule has 2 rings (SSSR count). The van der Waals surface area contributed by atoms with Crippen molar-refractivity contribution in [2.75, 3.05) is 12.4 Å². The van der Waals surface area contributed by atoms with Gasteiger partial charge in [-0.15, -0.1) is 0 Å². The summed E-state index contributed by atoms with van der Waals surface area (Å²) in [5.74, 6) is -1.93. The quantitative estimate of drug-likeness (QED) is 0.820. The van der Waals surface area contributed by atoms with Gasteiger partial charge in [-0.2, -0.15) is 13.2 Å². The molecule has 0 aliphatic carbocycles. The van der Waals surface area contributed by atoms with Crippen LogP contribution < -0.4 is 5.32 Å². The molecular weight excluding hydrogens is 233 g/mol. The minimum atomic E-state index is -4.85. The number of benzene rings is 1. The van der Waals surface area contributed by atoms with Crippen molar-refractivity contribution in [2.24, 2.45) is 0 Å². The van der Waals surface area contributed by atoms with Crippen LogP contribution >= 0.6 is 0 Å². The number of rotatable bonds is 1. The minimum Gasteiger partial charge on any atom is -0.318 e. The average molecular weight is 244 g/mol. The van der Waals surface area contributed by atoms with Crippen LogP contribution in [0.15, 0.2) is 18.2 Å². The van der Waals surface area contributed by atoms with E-state index < -0.39 is 12.1 Å². The molecule has 1 aliphatic heterocycles. The fourth-order valence-corrected chi connectivity index (χ4v) is 1.90. The Kier molecular flexibility index (Phi) is 2.82. The number of amides is 1. The van der Waals surface area contributed by atoms with Crippen LogP contribution in [0.25, 0.3) is 0 Å². The smallest absolute Gasteiger partial charge is 0.318 e. The lowest BCUT2D eigenvalue weighted by atomic mass is 10.1. The summed E-state index contributed by atoms with van der Waals surface area (Å²) in [6.45, 7) is 1.23. The van der Waals surface area contributed by atoms with Crippen molar-refractivity contribution in [2.45, 2.75) is 19.3 Å². The molecule has 0 spiro atoms. The van der Waals surface area contributed by atoms with Crippen molar-refractivity contribution in [3.8, 4) is 0 Å². The number of halogens is 3. The first-order chi connectivity index (χ1) is 7.88. The Morgan fingerprint density at radius 1 is 1.35 bits per heavy atom. The van der Waals surface area contributed by atoms with Gasteiger partial charge in [-0.25, -0.2) is 0 Å². The molecule has 1 aromatic carbocycles. The van der Waals surface area contributed by atoms with Crippen LogP contribution in [0.1, 0.15) is 11.1 Å². The maximum absolute atomic E-state index is 12.1. The van der Waals surface area contributed by atoms with Gasteiger partial charge in [0.2, 0.25) is 0 Å². The molecule has 3 nitrogen and oxygen atoms in total. The number of hydrogen-bond acceptors (Lipinski definition) is 2. The zero-order chi connectivity index (χ0) is 12.6. The molecular formula is C11H11F3N2O. The zero-order valence-corrected chi connectivity index (χ0v) is 9.14. The highest BCUT2D eigenvalue weighted by molar-refractivity contribution is 5.95. The average Bonchev–Trinajstić information content (AvgIpc) is 2.58. The van der Waals surface area contributed by atoms with Gasteiger partial charge in [0, 0.05) is 18.8 Å². The molecule has 0 radical (unpaired) electrons. The van der Waals surface area contributed by atoms with Crippen LogP contribution in [-0.4, -0.2) is 24.0 Å². The van der Waals surface area contributed by atoms with Crippen molar-refractivity contribution in [3.63, 3.8) is 0 Å². The fraction of sp³-hybridized carbons (Fsp3) is 0.364. The second kappa shape index (κ2) is 4.03. The lowest BCUT2D eigenvalue weighted by Crippen LogP contribution is -2.30. The Morgan fingerprint density at radius 2 is 2.06 bits per heavy atom. The molecule has 0 unspecified atom stereocenters. The lowest BCUT2D eigenvalue weighted by Gasteiger charge is -2.11. The first-order valence-corrected chi connectivity index (χ1v) is 5.05. The van der Waals surface area contributed by atoms with E-state index in [2.05, 4.69) is 0 Å². The van der Waals surface area contributed by atoms with E-state index in [0.717, 1.165) is 11.1 Å². The monoisotopic (exact) mass is 244 g/mol. The highest BCUT2D eigenvalue weighted by Crippen LogP contribution is 2.29. The Morgan fingerprint density at radius 3 is 2.71 bits per heavy atom. The number of alkyl halides is 3. The summed E-state index contributed by atoms with van der Waals surface area (Å²) in [5.41, 5.74) is 1.95. The fourth-order valence-electron chi connectivity index (χ4n) is 1.90. The third-order valence-corrected chi connectivity index (χ3v) is 2.65. The van der Waals surface area contributed by atoms with E-state index in [1.165, 1.54) is 6.07 Å². The third-order valence-electron chi connectivity index (χ3n) is 2.65. The standard InChI is InChI=1S/C11H11F3N2O/c1-16-5-7-3-2-4-9(8(7)6-16)15-10(17)11(12,13)14/h2-4H,5-6H2,1H3,(H,15,17). The second-order valence-electron chi connectivity index (χ2n) is 4.07. The summed E-state index contributed by atoms with van der Waals surface area (Å²) in [4.78, 5) is 12.8. The molecule has 0 saturated carbocycles. The van der Waals surface area contributed by atoms with Gasteiger partial charge in [0.25, 0.3) is 0 Å². The highest BCUT2D eigenvalue weighted by Gasteiger charge is 2.39. The van der Waals surface area contributed by atoms with Crippen molar-refractivity contribution >= 4 is 11.6 Å². The van der Waals surface area contributed by atoms with Crippen LogP contribution in [0.2, 0.25) is 0 Å². The Balaban J connectivity index is 2.24. The first-order valence-electron chi connectivity index (χ1n) is 5.05. The summed E-state index contributed by atoms with van der Waals surface area (Å²) in [5, 5.41) is 1.91. The van der Waals surface area contributed by atoms with Crippen LogP contribution in [0, 0.1) is 0 Å². The summed E-state index contributed by atoms with van der Waals surface area (Å²) < 4.78 is 36.4. The van der Waals surface area contributed by atoms with E-state index >= 15 is 0 Å². The van der Waals surface area contributed by atoms with Crippen LogP contribution in [0.3, 0.4) is 0 Å². The van der Waals surface area contributed by atoms with Gasteiger partial charge < -0.3 is 5.32 Å². The predicted molar refractivity (Wildman–Crippen MR) is 56.3 cm³/mol. The topological polar surface area (TPSA) is 32.3 Å². The van der Waals surface area contributed by atoms with Crippen LogP contribution in [0.5, 0.6) is 0 Å². The van der Waals surface area contributed by atoms with Crippen LogP contribution in [-0.2, 0) is 17.9 Å². The number of fused-ring (bicyclic) bond motifs is 1. The number of carbonyl (C=O) groups excluding carboxylic acids is 1. The summed E-state index contributed by atoms with van der Waals surface area (Å²) in [6, 6.07) is 4.98. The number of hydrogen-bond donors (Lipinski definition) is 1. The third kappa shape index (κ3) is 2.41. The number of nitrogens with one attached hydrogen (secondary N) is 1. The summed E-state index contributed by atoms with van der Waals surface area (Å²) in [7, 11) is 1.87. The molecule has 0 fully saturated rings. The minimum absolute atomic E-state index is 0.245. The van der Waals surface area contributed by atoms with E-state index in [-0.39, 0.29) is 5.69 Å². The van der Waals surface area contributed by atoms with Crippen molar-refractivity contribution < 1.29 is 18.0 Å². The van der Waals surface area contributed by atoms with Crippen molar-refractivity contribution in [3.05, 3.63) is 29.3 Å². The molecule has 1 N–H and O–H groups in total. The molecule has 17 heavy (non-hydrogen) atoms. The molecule has 1 aromatic rings. The molecule has 1 heterocycles. The molecule has 0 bridgehead atoms. The summed E-state index contributed by atoms with van der Waals surface area (Å²) in [6.07, 6.45) is -4.85. The Bertz CT molecular complexity index is 457. The van der Waals surface area contributed by atoms with Crippen molar-refractivity contribution in [1.82, 2.24) is 4.90 Å². The predicted octanol–water partition coefficient (Wildman–Crippen LogP) is 2.13. The van der Waals surface area contributed by atoms with Gasteiger partial charge >= 0.3 is 12.1 Å². The zero-order valence-electron chi connectivity index (χ0n) is 9.14. The van der Waals surface area contributed by atoms with Gasteiger partial charge in [0.05, 0.1) is 0 Å². The molecule has 0 saturated heterocycles. The summed E-state index contributed by atoms with van der Waals surface area (Å²) >= 11 is 0. The van der Waals surface area contributed by atoms with E-state index in [9.17, 15) is 18.0 Å². The molecule has 0 atom stereocenters. The highest BCUT2D eigenvalue weighted by atomic mass is 19.4. The van der Waals surface area contributed by atoms with E-state index in [1.807, 2.05) is 23.3 Å². The van der Waals surface area contributed by atoms with Gasteiger partial charge in [0.15, 0.2) is 0 Å². The van der Waals surface area contributed by atoms with Crippen molar-refractivity contribution in [1.29, 1.82) is 0 Å². The number of nitrogens with zero attached hydrogens (tertiary/aromatic N) is 1. The second-order valence-corrected chi connectivity index (χ2v) is 4.07. The maximum Gasteiger partial charge on any atom is 0.471 e. The Labute approximate surface area is 96.2 Å². The van der Waals surface area contributed by atoms with Gasteiger partial charge in [-0.3, -0.25) is 9.69 Å². The molecule has 6 heteroatoms. The number of anilines is 1. The normalized spacial score (nSPS) is 15.8. The molecule has 92 valence electrons.